The molecule has 0 bridgehead atoms. The summed E-state index contributed by atoms with van der Waals surface area (Å²) in [6.07, 6.45) is 1.78. The second-order valence-electron chi connectivity index (χ2n) is 5.07. The number of amides is 1. The van der Waals surface area contributed by atoms with Crippen LogP contribution in [-0.4, -0.2) is 25.5 Å². The van der Waals surface area contributed by atoms with Gasteiger partial charge < -0.3 is 15.0 Å². The minimum atomic E-state index is -0.289. The third-order valence-electron chi connectivity index (χ3n) is 3.57. The monoisotopic (exact) mass is 328 g/mol. The molecule has 0 saturated carbocycles. The maximum absolute atomic E-state index is 12.1. The van der Waals surface area contributed by atoms with Crippen molar-refractivity contribution in [2.24, 2.45) is 0 Å². The van der Waals surface area contributed by atoms with E-state index in [2.05, 4.69) is 15.3 Å². The molecule has 0 atom stereocenters. The molecular formula is C16H16N4O2S. The Morgan fingerprint density at radius 1 is 1.30 bits per heavy atom. The number of aromatic nitrogens is 3. The van der Waals surface area contributed by atoms with Gasteiger partial charge in [-0.05, 0) is 38.1 Å². The predicted molar refractivity (Wildman–Crippen MR) is 89.0 cm³/mol. The number of benzene rings is 1. The average Bonchev–Trinajstić information content (AvgIpc) is 3.16. The lowest BCUT2D eigenvalue weighted by atomic mass is 10.2. The Hall–Kier alpha value is -2.51. The summed E-state index contributed by atoms with van der Waals surface area (Å²) in [5.74, 6) is -0.289. The Bertz CT molecular complexity index is 836. The Morgan fingerprint density at radius 3 is 2.61 bits per heavy atom. The fraction of sp³-hybridized carbons (Fsp3) is 0.188. The van der Waals surface area contributed by atoms with E-state index >= 15 is 0 Å². The number of rotatable bonds is 4. The number of imidazole rings is 1. The standard InChI is InChI=1S/C16H16N4O2S/c1-10-11(2)20(9-17-10)13-5-3-12(4-6-13)18-16(22)14-8-23-15(7-21)19-14/h3-6,8-9,21H,7H2,1-2H3,(H,18,22). The molecule has 0 aliphatic heterocycles. The number of anilines is 1. The third-order valence-corrected chi connectivity index (χ3v) is 4.41. The van der Waals surface area contributed by atoms with Crippen molar-refractivity contribution in [1.82, 2.24) is 14.5 Å². The average molecular weight is 328 g/mol. The van der Waals surface area contributed by atoms with Gasteiger partial charge in [-0.1, -0.05) is 0 Å². The molecule has 3 aromatic rings. The highest BCUT2D eigenvalue weighted by molar-refractivity contribution is 7.09. The molecule has 0 saturated heterocycles. The maximum Gasteiger partial charge on any atom is 0.275 e. The number of carbonyl (C=O) groups excluding carboxylic acids is 1. The van der Waals surface area contributed by atoms with Crippen molar-refractivity contribution in [3.8, 4) is 5.69 Å². The van der Waals surface area contributed by atoms with Crippen LogP contribution in [0.5, 0.6) is 0 Å². The zero-order valence-electron chi connectivity index (χ0n) is 12.8. The molecule has 23 heavy (non-hydrogen) atoms. The highest BCUT2D eigenvalue weighted by atomic mass is 32.1. The zero-order valence-corrected chi connectivity index (χ0v) is 13.6. The van der Waals surface area contributed by atoms with Gasteiger partial charge in [0.25, 0.3) is 5.91 Å². The number of carbonyl (C=O) groups is 1. The van der Waals surface area contributed by atoms with Gasteiger partial charge >= 0.3 is 0 Å². The van der Waals surface area contributed by atoms with Gasteiger partial charge in [-0.3, -0.25) is 4.79 Å². The second kappa shape index (κ2) is 6.31. The minimum absolute atomic E-state index is 0.156. The van der Waals surface area contributed by atoms with E-state index in [1.807, 2.05) is 42.7 Å². The van der Waals surface area contributed by atoms with E-state index in [9.17, 15) is 4.79 Å². The minimum Gasteiger partial charge on any atom is -0.389 e. The van der Waals surface area contributed by atoms with Gasteiger partial charge in [-0.25, -0.2) is 9.97 Å². The van der Waals surface area contributed by atoms with Gasteiger partial charge in [0.1, 0.15) is 10.7 Å². The lowest BCUT2D eigenvalue weighted by molar-refractivity contribution is 0.102. The SMILES string of the molecule is Cc1ncn(-c2ccc(NC(=O)c3csc(CO)n3)cc2)c1C. The molecule has 0 aliphatic rings. The number of hydrogen-bond donors (Lipinski definition) is 2. The van der Waals surface area contributed by atoms with Gasteiger partial charge in [0.15, 0.2) is 0 Å². The normalized spacial score (nSPS) is 10.7. The molecule has 2 N–H and O–H groups in total. The number of aryl methyl sites for hydroxylation is 1. The quantitative estimate of drug-likeness (QED) is 0.772. The molecular weight excluding hydrogens is 312 g/mol. The van der Waals surface area contributed by atoms with Crippen molar-refractivity contribution in [3.63, 3.8) is 0 Å². The molecule has 0 aliphatic carbocycles. The summed E-state index contributed by atoms with van der Waals surface area (Å²) in [6, 6.07) is 7.51. The Balaban J connectivity index is 1.74. The first-order chi connectivity index (χ1) is 11.1. The largest absolute Gasteiger partial charge is 0.389 e. The van der Waals surface area contributed by atoms with Crippen molar-refractivity contribution in [1.29, 1.82) is 0 Å². The van der Waals surface area contributed by atoms with Crippen LogP contribution >= 0.6 is 11.3 Å². The van der Waals surface area contributed by atoms with E-state index in [0.717, 1.165) is 17.1 Å². The smallest absolute Gasteiger partial charge is 0.275 e. The first-order valence-corrected chi connectivity index (χ1v) is 7.94. The molecule has 118 valence electrons. The van der Waals surface area contributed by atoms with Crippen LogP contribution in [0.3, 0.4) is 0 Å². The summed E-state index contributed by atoms with van der Waals surface area (Å²) < 4.78 is 1.99. The summed E-state index contributed by atoms with van der Waals surface area (Å²) in [6.45, 7) is 3.82. The van der Waals surface area contributed by atoms with Crippen LogP contribution in [0.2, 0.25) is 0 Å². The van der Waals surface area contributed by atoms with Gasteiger partial charge in [-0.15, -0.1) is 11.3 Å². The van der Waals surface area contributed by atoms with Crippen molar-refractivity contribution in [3.05, 3.63) is 58.1 Å². The summed E-state index contributed by atoms with van der Waals surface area (Å²) in [5, 5.41) is 13.9. The molecule has 7 heteroatoms. The van der Waals surface area contributed by atoms with Gasteiger partial charge in [0, 0.05) is 22.4 Å². The molecule has 0 radical (unpaired) electrons. The highest BCUT2D eigenvalue weighted by Gasteiger charge is 2.11. The highest BCUT2D eigenvalue weighted by Crippen LogP contribution is 2.18. The van der Waals surface area contributed by atoms with Crippen molar-refractivity contribution >= 4 is 22.9 Å². The topological polar surface area (TPSA) is 80.0 Å². The third kappa shape index (κ3) is 3.15. The Labute approximate surface area is 137 Å². The van der Waals surface area contributed by atoms with E-state index in [1.54, 1.807) is 11.7 Å². The van der Waals surface area contributed by atoms with E-state index in [0.29, 0.717) is 16.4 Å². The number of aliphatic hydroxyl groups is 1. The molecule has 1 aromatic carbocycles. The number of thiazole rings is 1. The predicted octanol–water partition coefficient (Wildman–Crippen LogP) is 2.69. The summed E-state index contributed by atoms with van der Waals surface area (Å²) >= 11 is 1.26. The van der Waals surface area contributed by atoms with Crippen LogP contribution in [-0.2, 0) is 6.61 Å². The van der Waals surface area contributed by atoms with Crippen LogP contribution in [0.4, 0.5) is 5.69 Å². The lowest BCUT2D eigenvalue weighted by Crippen LogP contribution is -2.12. The van der Waals surface area contributed by atoms with Crippen LogP contribution in [0.1, 0.15) is 26.9 Å². The fourth-order valence-electron chi connectivity index (χ4n) is 2.15. The molecule has 1 amide bonds. The van der Waals surface area contributed by atoms with Crippen molar-refractivity contribution in [2.45, 2.75) is 20.5 Å². The van der Waals surface area contributed by atoms with Crippen LogP contribution in [0.25, 0.3) is 5.69 Å². The zero-order chi connectivity index (χ0) is 16.4. The molecule has 0 spiro atoms. The summed E-state index contributed by atoms with van der Waals surface area (Å²) in [4.78, 5) is 20.4. The van der Waals surface area contributed by atoms with E-state index in [1.165, 1.54) is 11.3 Å². The summed E-state index contributed by atoms with van der Waals surface area (Å²) in [7, 11) is 0. The molecule has 3 rings (SSSR count). The fourth-order valence-corrected chi connectivity index (χ4v) is 2.78. The summed E-state index contributed by atoms with van der Waals surface area (Å²) in [5.41, 5.74) is 4.06. The van der Waals surface area contributed by atoms with Crippen molar-refractivity contribution < 1.29 is 9.90 Å². The molecule has 2 aromatic heterocycles. The maximum atomic E-state index is 12.1. The molecule has 0 unspecified atom stereocenters. The van der Waals surface area contributed by atoms with Crippen LogP contribution < -0.4 is 5.32 Å². The Morgan fingerprint density at radius 2 is 2.04 bits per heavy atom. The second-order valence-corrected chi connectivity index (χ2v) is 6.01. The first-order valence-electron chi connectivity index (χ1n) is 7.06. The molecule has 0 fully saturated rings. The van der Waals surface area contributed by atoms with E-state index < -0.39 is 0 Å². The number of aliphatic hydroxyl groups excluding tert-OH is 1. The van der Waals surface area contributed by atoms with Crippen LogP contribution in [0.15, 0.2) is 36.0 Å². The first kappa shape index (κ1) is 15.4. The van der Waals surface area contributed by atoms with Gasteiger partial charge in [0.05, 0.1) is 18.6 Å². The van der Waals surface area contributed by atoms with E-state index in [4.69, 9.17) is 5.11 Å². The molecule has 6 nitrogen and oxygen atoms in total. The lowest BCUT2D eigenvalue weighted by Gasteiger charge is -2.08. The number of hydrogen-bond acceptors (Lipinski definition) is 5. The van der Waals surface area contributed by atoms with E-state index in [-0.39, 0.29) is 12.5 Å². The van der Waals surface area contributed by atoms with Gasteiger partial charge in [0.2, 0.25) is 0 Å². The Kier molecular flexibility index (Phi) is 4.22. The van der Waals surface area contributed by atoms with Crippen molar-refractivity contribution in [2.75, 3.05) is 5.32 Å². The van der Waals surface area contributed by atoms with Gasteiger partial charge in [-0.2, -0.15) is 0 Å². The molecule has 2 heterocycles. The number of nitrogens with zero attached hydrogens (tertiary/aromatic N) is 3. The van der Waals surface area contributed by atoms with Crippen LogP contribution in [0, 0.1) is 13.8 Å². The number of nitrogens with one attached hydrogen (secondary N) is 1.